The number of primary amides is 1. The molecule has 0 aromatic heterocycles. The molecular weight excluding hydrogens is 328 g/mol. The SMILES string of the molecule is CCCNC(=O)COC(=O)/C=C/c1ccc(OCC(N)=O)c(OC)c1. The van der Waals surface area contributed by atoms with Crippen molar-refractivity contribution in [2.75, 3.05) is 26.9 Å². The fourth-order valence-electron chi connectivity index (χ4n) is 1.72. The molecule has 25 heavy (non-hydrogen) atoms. The zero-order chi connectivity index (χ0) is 18.7. The molecule has 0 heterocycles. The second kappa shape index (κ2) is 10.7. The number of hydrogen-bond donors (Lipinski definition) is 2. The van der Waals surface area contributed by atoms with Crippen molar-refractivity contribution in [3.63, 3.8) is 0 Å². The zero-order valence-corrected chi connectivity index (χ0v) is 14.2. The molecule has 0 unspecified atom stereocenters. The lowest BCUT2D eigenvalue weighted by Crippen LogP contribution is -2.28. The van der Waals surface area contributed by atoms with Crippen LogP contribution in [0.5, 0.6) is 11.5 Å². The lowest BCUT2D eigenvalue weighted by Gasteiger charge is -2.09. The van der Waals surface area contributed by atoms with Crippen LogP contribution in [-0.4, -0.2) is 44.7 Å². The first-order valence-corrected chi connectivity index (χ1v) is 7.67. The van der Waals surface area contributed by atoms with Crippen LogP contribution in [0.4, 0.5) is 0 Å². The minimum Gasteiger partial charge on any atom is -0.493 e. The number of hydrogen-bond acceptors (Lipinski definition) is 6. The number of esters is 1. The highest BCUT2D eigenvalue weighted by molar-refractivity contribution is 5.89. The maximum absolute atomic E-state index is 11.6. The fraction of sp³-hybridized carbons (Fsp3) is 0.353. The number of rotatable bonds is 10. The molecule has 0 fully saturated rings. The van der Waals surface area contributed by atoms with E-state index in [2.05, 4.69) is 5.32 Å². The Morgan fingerprint density at radius 2 is 1.96 bits per heavy atom. The van der Waals surface area contributed by atoms with E-state index in [1.807, 2.05) is 6.92 Å². The van der Waals surface area contributed by atoms with Crippen LogP contribution in [0, 0.1) is 0 Å². The molecule has 1 aromatic rings. The largest absolute Gasteiger partial charge is 0.493 e. The van der Waals surface area contributed by atoms with E-state index in [1.165, 1.54) is 19.3 Å². The fourth-order valence-corrected chi connectivity index (χ4v) is 1.72. The molecule has 0 bridgehead atoms. The van der Waals surface area contributed by atoms with Gasteiger partial charge in [0.05, 0.1) is 7.11 Å². The van der Waals surface area contributed by atoms with Gasteiger partial charge in [0.25, 0.3) is 11.8 Å². The summed E-state index contributed by atoms with van der Waals surface area (Å²) in [6.07, 6.45) is 3.51. The summed E-state index contributed by atoms with van der Waals surface area (Å²) >= 11 is 0. The standard InChI is InChI=1S/C17H22N2O6/c1-3-8-19-16(21)11-25-17(22)7-5-12-4-6-13(14(9-12)23-2)24-10-15(18)20/h4-7,9H,3,8,10-11H2,1-2H3,(H2,18,20)(H,19,21)/b7-5+. The van der Waals surface area contributed by atoms with Gasteiger partial charge < -0.3 is 25.3 Å². The number of methoxy groups -OCH3 is 1. The molecule has 0 saturated heterocycles. The third kappa shape index (κ3) is 7.87. The van der Waals surface area contributed by atoms with Crippen molar-refractivity contribution in [3.05, 3.63) is 29.8 Å². The molecule has 0 radical (unpaired) electrons. The zero-order valence-electron chi connectivity index (χ0n) is 14.2. The molecule has 3 N–H and O–H groups in total. The Balaban J connectivity index is 2.60. The van der Waals surface area contributed by atoms with Gasteiger partial charge in [0.1, 0.15) is 0 Å². The van der Waals surface area contributed by atoms with Crippen LogP contribution in [-0.2, 0) is 19.1 Å². The number of nitrogens with two attached hydrogens (primary N) is 1. The Morgan fingerprint density at radius 3 is 2.60 bits per heavy atom. The number of carbonyl (C=O) groups excluding carboxylic acids is 3. The first kappa shape index (κ1) is 20.0. The van der Waals surface area contributed by atoms with Crippen molar-refractivity contribution in [1.82, 2.24) is 5.32 Å². The average Bonchev–Trinajstić information content (AvgIpc) is 2.61. The summed E-state index contributed by atoms with van der Waals surface area (Å²) in [5.41, 5.74) is 5.67. The van der Waals surface area contributed by atoms with Crippen LogP contribution in [0.2, 0.25) is 0 Å². The van der Waals surface area contributed by atoms with Crippen molar-refractivity contribution >= 4 is 23.9 Å². The maximum atomic E-state index is 11.6. The second-order valence-corrected chi connectivity index (χ2v) is 4.96. The third-order valence-corrected chi connectivity index (χ3v) is 2.89. The quantitative estimate of drug-likeness (QED) is 0.472. The van der Waals surface area contributed by atoms with Crippen molar-refractivity contribution in [1.29, 1.82) is 0 Å². The molecule has 1 rings (SSSR count). The van der Waals surface area contributed by atoms with E-state index < -0.39 is 11.9 Å². The monoisotopic (exact) mass is 350 g/mol. The highest BCUT2D eigenvalue weighted by Gasteiger charge is 2.07. The smallest absolute Gasteiger partial charge is 0.331 e. The molecule has 1 aromatic carbocycles. The summed E-state index contributed by atoms with van der Waals surface area (Å²) in [5, 5.41) is 2.60. The van der Waals surface area contributed by atoms with Crippen molar-refractivity contribution in [3.8, 4) is 11.5 Å². The van der Waals surface area contributed by atoms with Crippen LogP contribution in [0.25, 0.3) is 6.08 Å². The highest BCUT2D eigenvalue weighted by atomic mass is 16.5. The second-order valence-electron chi connectivity index (χ2n) is 4.96. The predicted octanol–water partition coefficient (Wildman–Crippen LogP) is 0.642. The van der Waals surface area contributed by atoms with E-state index >= 15 is 0 Å². The minimum atomic E-state index is -0.639. The van der Waals surface area contributed by atoms with Crippen molar-refractivity contribution < 1.29 is 28.6 Å². The Bertz CT molecular complexity index is 642. The van der Waals surface area contributed by atoms with Crippen LogP contribution in [0.1, 0.15) is 18.9 Å². The number of amides is 2. The molecular formula is C17H22N2O6. The molecule has 0 spiro atoms. The Kier molecular flexibility index (Phi) is 8.56. The van der Waals surface area contributed by atoms with E-state index in [1.54, 1.807) is 18.2 Å². The minimum absolute atomic E-state index is 0.266. The van der Waals surface area contributed by atoms with E-state index in [9.17, 15) is 14.4 Å². The summed E-state index contributed by atoms with van der Waals surface area (Å²) in [5.74, 6) is -0.845. The molecule has 0 atom stereocenters. The van der Waals surface area contributed by atoms with Gasteiger partial charge in [-0.05, 0) is 30.2 Å². The van der Waals surface area contributed by atoms with Gasteiger partial charge in [0.2, 0.25) is 0 Å². The lowest BCUT2D eigenvalue weighted by atomic mass is 10.2. The van der Waals surface area contributed by atoms with Gasteiger partial charge in [0, 0.05) is 12.6 Å². The Hall–Kier alpha value is -3.03. The van der Waals surface area contributed by atoms with E-state index in [-0.39, 0.29) is 19.1 Å². The number of benzene rings is 1. The Morgan fingerprint density at radius 1 is 1.20 bits per heavy atom. The first-order valence-electron chi connectivity index (χ1n) is 7.67. The maximum Gasteiger partial charge on any atom is 0.331 e. The molecule has 0 aliphatic heterocycles. The van der Waals surface area contributed by atoms with Gasteiger partial charge in [-0.1, -0.05) is 13.0 Å². The average molecular weight is 350 g/mol. The van der Waals surface area contributed by atoms with Crippen molar-refractivity contribution in [2.24, 2.45) is 5.73 Å². The lowest BCUT2D eigenvalue weighted by molar-refractivity contribution is -0.143. The topological polar surface area (TPSA) is 117 Å². The summed E-state index contributed by atoms with van der Waals surface area (Å²) < 4.78 is 15.2. The number of ether oxygens (including phenoxy) is 3. The Labute approximate surface area is 145 Å². The van der Waals surface area contributed by atoms with Gasteiger partial charge in [-0.2, -0.15) is 0 Å². The molecule has 0 aliphatic rings. The van der Waals surface area contributed by atoms with Crippen molar-refractivity contribution in [2.45, 2.75) is 13.3 Å². The van der Waals surface area contributed by atoms with Gasteiger partial charge in [0.15, 0.2) is 24.7 Å². The molecule has 8 heteroatoms. The highest BCUT2D eigenvalue weighted by Crippen LogP contribution is 2.28. The normalized spacial score (nSPS) is 10.3. The van der Waals surface area contributed by atoms with Crippen LogP contribution >= 0.6 is 0 Å². The van der Waals surface area contributed by atoms with Gasteiger partial charge in [-0.25, -0.2) is 4.79 Å². The molecule has 2 amide bonds. The van der Waals surface area contributed by atoms with Crippen LogP contribution in [0.3, 0.4) is 0 Å². The van der Waals surface area contributed by atoms with Gasteiger partial charge >= 0.3 is 5.97 Å². The third-order valence-electron chi connectivity index (χ3n) is 2.89. The van der Waals surface area contributed by atoms with E-state index in [0.29, 0.717) is 23.6 Å². The van der Waals surface area contributed by atoms with E-state index in [0.717, 1.165) is 6.42 Å². The number of carbonyl (C=O) groups is 3. The summed E-state index contributed by atoms with van der Waals surface area (Å²) in [6, 6.07) is 4.87. The summed E-state index contributed by atoms with van der Waals surface area (Å²) in [4.78, 5) is 33.7. The molecule has 136 valence electrons. The first-order chi connectivity index (χ1) is 12.0. The van der Waals surface area contributed by atoms with Crippen LogP contribution < -0.4 is 20.5 Å². The van der Waals surface area contributed by atoms with Gasteiger partial charge in [-0.15, -0.1) is 0 Å². The molecule has 8 nitrogen and oxygen atoms in total. The van der Waals surface area contributed by atoms with Crippen LogP contribution in [0.15, 0.2) is 24.3 Å². The molecule has 0 saturated carbocycles. The summed E-state index contributed by atoms with van der Waals surface area (Å²) in [7, 11) is 1.45. The van der Waals surface area contributed by atoms with Gasteiger partial charge in [-0.3, -0.25) is 9.59 Å². The summed E-state index contributed by atoms with van der Waals surface area (Å²) in [6.45, 7) is 1.87. The number of nitrogens with one attached hydrogen (secondary N) is 1. The predicted molar refractivity (Wildman–Crippen MR) is 91.0 cm³/mol. The van der Waals surface area contributed by atoms with E-state index in [4.69, 9.17) is 19.9 Å². The molecule has 0 aliphatic carbocycles.